The van der Waals surface area contributed by atoms with Crippen LogP contribution in [0.2, 0.25) is 0 Å². The summed E-state index contributed by atoms with van der Waals surface area (Å²) in [5, 5.41) is 0.692. The van der Waals surface area contributed by atoms with E-state index in [1.807, 2.05) is 6.20 Å². The van der Waals surface area contributed by atoms with Crippen LogP contribution in [0.15, 0.2) is 6.20 Å². The van der Waals surface area contributed by atoms with Gasteiger partial charge >= 0.3 is 0 Å². The number of thiazole rings is 1. The van der Waals surface area contributed by atoms with Crippen LogP contribution in [-0.2, 0) is 0 Å². The van der Waals surface area contributed by atoms with Gasteiger partial charge in [0.05, 0.1) is 0 Å². The third-order valence-corrected chi connectivity index (χ3v) is 3.77. The van der Waals surface area contributed by atoms with Gasteiger partial charge in [-0.2, -0.15) is 0 Å². The lowest BCUT2D eigenvalue weighted by Crippen LogP contribution is -2.24. The second-order valence-corrected chi connectivity index (χ2v) is 4.86. The standard InChI is InChI=1S/C10H17N3S/c1-2-8(13-5-3-4-6-13)9-7-12-10(11)14-9/h7-8H,2-6H2,1H3,(H2,11,12). The molecule has 1 aliphatic rings. The predicted molar refractivity (Wildman–Crippen MR) is 60.4 cm³/mol. The van der Waals surface area contributed by atoms with Crippen molar-refractivity contribution in [2.75, 3.05) is 18.8 Å². The van der Waals surface area contributed by atoms with Crippen molar-refractivity contribution in [1.82, 2.24) is 9.88 Å². The van der Waals surface area contributed by atoms with Crippen LogP contribution in [0, 0.1) is 0 Å². The highest BCUT2D eigenvalue weighted by molar-refractivity contribution is 7.15. The van der Waals surface area contributed by atoms with E-state index in [4.69, 9.17) is 5.73 Å². The number of nitrogens with zero attached hydrogens (tertiary/aromatic N) is 2. The Bertz CT molecular complexity index is 291. The van der Waals surface area contributed by atoms with Crippen LogP contribution in [0.4, 0.5) is 5.13 Å². The van der Waals surface area contributed by atoms with E-state index >= 15 is 0 Å². The van der Waals surface area contributed by atoms with E-state index in [1.165, 1.54) is 30.8 Å². The average Bonchev–Trinajstić information content (AvgIpc) is 2.79. The van der Waals surface area contributed by atoms with Gasteiger partial charge in [0.15, 0.2) is 5.13 Å². The zero-order valence-corrected chi connectivity index (χ0v) is 9.39. The first-order chi connectivity index (χ1) is 6.81. The Morgan fingerprint density at radius 1 is 1.57 bits per heavy atom. The third kappa shape index (κ3) is 1.91. The lowest BCUT2D eigenvalue weighted by atomic mass is 10.2. The topological polar surface area (TPSA) is 42.1 Å². The summed E-state index contributed by atoms with van der Waals surface area (Å²) in [7, 11) is 0. The Morgan fingerprint density at radius 2 is 2.29 bits per heavy atom. The fraction of sp³-hybridized carbons (Fsp3) is 0.700. The molecule has 0 aliphatic carbocycles. The summed E-state index contributed by atoms with van der Waals surface area (Å²) in [4.78, 5) is 8.00. The van der Waals surface area contributed by atoms with Crippen molar-refractivity contribution in [2.24, 2.45) is 0 Å². The summed E-state index contributed by atoms with van der Waals surface area (Å²) in [6, 6.07) is 0.548. The normalized spacial score (nSPS) is 20.1. The van der Waals surface area contributed by atoms with Crippen molar-refractivity contribution in [3.05, 3.63) is 11.1 Å². The van der Waals surface area contributed by atoms with Crippen molar-refractivity contribution in [2.45, 2.75) is 32.2 Å². The molecule has 1 aromatic rings. The zero-order chi connectivity index (χ0) is 9.97. The van der Waals surface area contributed by atoms with Gasteiger partial charge in [-0.05, 0) is 32.4 Å². The second-order valence-electron chi connectivity index (χ2n) is 3.77. The number of rotatable bonds is 3. The summed E-state index contributed by atoms with van der Waals surface area (Å²) in [5.74, 6) is 0. The monoisotopic (exact) mass is 211 g/mol. The lowest BCUT2D eigenvalue weighted by Gasteiger charge is -2.24. The first-order valence-electron chi connectivity index (χ1n) is 5.26. The Labute approximate surface area is 88.9 Å². The van der Waals surface area contributed by atoms with E-state index in [9.17, 15) is 0 Å². The van der Waals surface area contributed by atoms with Crippen LogP contribution in [0.25, 0.3) is 0 Å². The molecule has 2 N–H and O–H groups in total. The molecular formula is C10H17N3S. The van der Waals surface area contributed by atoms with Crippen molar-refractivity contribution < 1.29 is 0 Å². The Morgan fingerprint density at radius 3 is 2.79 bits per heavy atom. The summed E-state index contributed by atoms with van der Waals surface area (Å²) in [6.07, 6.45) is 5.77. The minimum atomic E-state index is 0.548. The number of anilines is 1. The van der Waals surface area contributed by atoms with Crippen LogP contribution >= 0.6 is 11.3 Å². The van der Waals surface area contributed by atoms with Crippen LogP contribution in [-0.4, -0.2) is 23.0 Å². The smallest absolute Gasteiger partial charge is 0.180 e. The molecule has 4 heteroatoms. The highest BCUT2D eigenvalue weighted by Gasteiger charge is 2.23. The van der Waals surface area contributed by atoms with E-state index in [2.05, 4.69) is 16.8 Å². The van der Waals surface area contributed by atoms with Gasteiger partial charge in [0, 0.05) is 17.1 Å². The van der Waals surface area contributed by atoms with Gasteiger partial charge in [-0.15, -0.1) is 11.3 Å². The number of likely N-dealkylation sites (tertiary alicyclic amines) is 1. The Kier molecular flexibility index (Phi) is 3.03. The van der Waals surface area contributed by atoms with Gasteiger partial charge in [-0.25, -0.2) is 4.98 Å². The van der Waals surface area contributed by atoms with Gasteiger partial charge in [0.2, 0.25) is 0 Å². The van der Waals surface area contributed by atoms with E-state index < -0.39 is 0 Å². The summed E-state index contributed by atoms with van der Waals surface area (Å²) < 4.78 is 0. The maximum absolute atomic E-state index is 5.66. The van der Waals surface area contributed by atoms with Crippen molar-refractivity contribution in [3.63, 3.8) is 0 Å². The largest absolute Gasteiger partial charge is 0.375 e. The fourth-order valence-electron chi connectivity index (χ4n) is 2.15. The highest BCUT2D eigenvalue weighted by Crippen LogP contribution is 2.31. The SMILES string of the molecule is CCC(c1cnc(N)s1)N1CCCC1. The minimum absolute atomic E-state index is 0.548. The lowest BCUT2D eigenvalue weighted by molar-refractivity contribution is 0.243. The third-order valence-electron chi connectivity index (χ3n) is 2.84. The number of hydrogen-bond acceptors (Lipinski definition) is 4. The summed E-state index contributed by atoms with van der Waals surface area (Å²) in [5.41, 5.74) is 5.66. The predicted octanol–water partition coefficient (Wildman–Crippen LogP) is 2.27. The molecule has 0 saturated carbocycles. The quantitative estimate of drug-likeness (QED) is 0.834. The summed E-state index contributed by atoms with van der Waals surface area (Å²) in [6.45, 7) is 4.70. The van der Waals surface area contributed by atoms with Gasteiger partial charge < -0.3 is 5.73 Å². The first-order valence-corrected chi connectivity index (χ1v) is 6.08. The molecule has 2 rings (SSSR count). The molecule has 14 heavy (non-hydrogen) atoms. The molecule has 0 amide bonds. The van der Waals surface area contributed by atoms with E-state index in [-0.39, 0.29) is 0 Å². The van der Waals surface area contributed by atoms with Gasteiger partial charge in [0.1, 0.15) is 0 Å². The van der Waals surface area contributed by atoms with Crippen molar-refractivity contribution >= 4 is 16.5 Å². The zero-order valence-electron chi connectivity index (χ0n) is 8.57. The molecule has 0 aromatic carbocycles. The molecule has 1 atom stereocenters. The van der Waals surface area contributed by atoms with Gasteiger partial charge in [-0.3, -0.25) is 4.90 Å². The van der Waals surface area contributed by atoms with Crippen molar-refractivity contribution in [1.29, 1.82) is 0 Å². The maximum Gasteiger partial charge on any atom is 0.180 e. The number of nitrogens with two attached hydrogens (primary N) is 1. The van der Waals surface area contributed by atoms with Crippen molar-refractivity contribution in [3.8, 4) is 0 Å². The molecule has 1 aromatic heterocycles. The molecule has 1 unspecified atom stereocenters. The van der Waals surface area contributed by atoms with Crippen LogP contribution in [0.5, 0.6) is 0 Å². The number of hydrogen-bond donors (Lipinski definition) is 1. The number of aromatic nitrogens is 1. The number of nitrogen functional groups attached to an aromatic ring is 1. The molecule has 1 fully saturated rings. The highest BCUT2D eigenvalue weighted by atomic mass is 32.1. The van der Waals surface area contributed by atoms with Crippen LogP contribution < -0.4 is 5.73 Å². The Hall–Kier alpha value is -0.610. The molecule has 0 bridgehead atoms. The molecule has 1 aliphatic heterocycles. The Balaban J connectivity index is 2.12. The molecular weight excluding hydrogens is 194 g/mol. The van der Waals surface area contributed by atoms with E-state index in [0.29, 0.717) is 11.2 Å². The molecule has 1 saturated heterocycles. The fourth-order valence-corrected chi connectivity index (χ4v) is 3.05. The minimum Gasteiger partial charge on any atom is -0.375 e. The van der Waals surface area contributed by atoms with E-state index in [0.717, 1.165) is 6.42 Å². The average molecular weight is 211 g/mol. The molecule has 2 heterocycles. The molecule has 0 radical (unpaired) electrons. The second kappa shape index (κ2) is 4.28. The molecule has 3 nitrogen and oxygen atoms in total. The maximum atomic E-state index is 5.66. The van der Waals surface area contributed by atoms with E-state index in [1.54, 1.807) is 11.3 Å². The van der Waals surface area contributed by atoms with Gasteiger partial charge in [0.25, 0.3) is 0 Å². The molecule has 0 spiro atoms. The van der Waals surface area contributed by atoms with Gasteiger partial charge in [-0.1, -0.05) is 6.92 Å². The van der Waals surface area contributed by atoms with Crippen LogP contribution in [0.3, 0.4) is 0 Å². The van der Waals surface area contributed by atoms with Crippen LogP contribution in [0.1, 0.15) is 37.1 Å². The summed E-state index contributed by atoms with van der Waals surface area (Å²) >= 11 is 1.63. The first kappa shape index (κ1) is 9.93. The molecule has 78 valence electrons.